The highest BCUT2D eigenvalue weighted by Gasteiger charge is 2.27. The molecule has 78 valence electrons. The second-order valence-corrected chi connectivity index (χ2v) is 3.03. The van der Waals surface area contributed by atoms with E-state index in [0.29, 0.717) is 0 Å². The summed E-state index contributed by atoms with van der Waals surface area (Å²) in [6, 6.07) is 0. The molecule has 0 unspecified atom stereocenters. The predicted octanol–water partition coefficient (Wildman–Crippen LogP) is -0.708. The fourth-order valence-electron chi connectivity index (χ4n) is 0.627. The van der Waals surface area contributed by atoms with Gasteiger partial charge >= 0.3 is 0 Å². The molecule has 4 nitrogen and oxygen atoms in total. The number of rotatable bonds is 5. The van der Waals surface area contributed by atoms with Crippen molar-refractivity contribution in [1.29, 1.82) is 0 Å². The number of halogens is 2. The minimum Gasteiger partial charge on any atom is -0.390 e. The maximum absolute atomic E-state index is 12.4. The Bertz CT molecular complexity index is 174. The zero-order chi connectivity index (χ0) is 10.5. The predicted molar refractivity (Wildman–Crippen MR) is 43.6 cm³/mol. The first-order valence-corrected chi connectivity index (χ1v) is 3.77. The van der Waals surface area contributed by atoms with Crippen LogP contribution in [0.25, 0.3) is 0 Å². The van der Waals surface area contributed by atoms with Crippen molar-refractivity contribution >= 4 is 5.91 Å². The van der Waals surface area contributed by atoms with E-state index >= 15 is 0 Å². The van der Waals surface area contributed by atoms with Crippen LogP contribution in [0.4, 0.5) is 8.78 Å². The zero-order valence-corrected chi connectivity index (χ0v) is 7.68. The van der Waals surface area contributed by atoms with Crippen LogP contribution in [-0.4, -0.2) is 55.6 Å². The Morgan fingerprint density at radius 3 is 2.46 bits per heavy atom. The van der Waals surface area contributed by atoms with E-state index < -0.39 is 25.0 Å². The monoisotopic (exact) mass is 196 g/mol. The van der Waals surface area contributed by atoms with Crippen molar-refractivity contribution in [2.24, 2.45) is 0 Å². The lowest BCUT2D eigenvalue weighted by Gasteiger charge is -2.15. The molecule has 0 rings (SSSR count). The highest BCUT2D eigenvalue weighted by molar-refractivity contribution is 5.77. The fraction of sp³-hybridized carbons (Fsp3) is 0.857. The molecular formula is C7H14F2N2O2. The first-order chi connectivity index (χ1) is 5.87. The summed E-state index contributed by atoms with van der Waals surface area (Å²) in [5.41, 5.74) is 0. The molecule has 0 aromatic heterocycles. The van der Waals surface area contributed by atoms with Gasteiger partial charge < -0.3 is 15.3 Å². The van der Waals surface area contributed by atoms with Gasteiger partial charge in [0.2, 0.25) is 5.91 Å². The van der Waals surface area contributed by atoms with E-state index in [2.05, 4.69) is 0 Å². The third-order valence-electron chi connectivity index (χ3n) is 1.24. The molecule has 13 heavy (non-hydrogen) atoms. The number of aliphatic hydroxyl groups excluding tert-OH is 1. The standard InChI is InChI=1S/C7H14F2N2O2/c1-11(2)3-6(13)10-4-7(8,9)5-12/h12H,3-5H2,1-2H3,(H,10,13). The van der Waals surface area contributed by atoms with Gasteiger partial charge in [0.15, 0.2) is 0 Å². The Morgan fingerprint density at radius 2 is 2.08 bits per heavy atom. The van der Waals surface area contributed by atoms with Crippen molar-refractivity contribution in [2.75, 3.05) is 33.8 Å². The van der Waals surface area contributed by atoms with E-state index in [1.54, 1.807) is 19.0 Å². The second kappa shape index (κ2) is 5.08. The lowest BCUT2D eigenvalue weighted by atomic mass is 10.3. The number of nitrogens with one attached hydrogen (secondary N) is 1. The number of alkyl halides is 2. The quantitative estimate of drug-likeness (QED) is 0.611. The molecule has 6 heteroatoms. The van der Waals surface area contributed by atoms with E-state index in [-0.39, 0.29) is 6.54 Å². The topological polar surface area (TPSA) is 52.6 Å². The Labute approximate surface area is 75.5 Å². The third kappa shape index (κ3) is 6.41. The van der Waals surface area contributed by atoms with Gasteiger partial charge in [-0.25, -0.2) is 8.78 Å². The van der Waals surface area contributed by atoms with Crippen molar-refractivity contribution in [3.8, 4) is 0 Å². The van der Waals surface area contributed by atoms with E-state index in [1.807, 2.05) is 5.32 Å². The minimum atomic E-state index is -3.23. The van der Waals surface area contributed by atoms with E-state index in [0.717, 1.165) is 0 Å². The summed E-state index contributed by atoms with van der Waals surface area (Å²) in [5.74, 6) is -3.72. The van der Waals surface area contributed by atoms with Crippen LogP contribution in [0.2, 0.25) is 0 Å². The first-order valence-electron chi connectivity index (χ1n) is 3.77. The second-order valence-electron chi connectivity index (χ2n) is 3.03. The van der Waals surface area contributed by atoms with Crippen molar-refractivity contribution in [2.45, 2.75) is 5.92 Å². The molecule has 0 aromatic carbocycles. The van der Waals surface area contributed by atoms with Gasteiger partial charge in [-0.1, -0.05) is 0 Å². The highest BCUT2D eigenvalue weighted by Crippen LogP contribution is 2.09. The summed E-state index contributed by atoms with van der Waals surface area (Å²) in [4.78, 5) is 12.4. The van der Waals surface area contributed by atoms with Crippen LogP contribution in [0.3, 0.4) is 0 Å². The molecule has 0 spiro atoms. The van der Waals surface area contributed by atoms with Crippen molar-refractivity contribution in [3.05, 3.63) is 0 Å². The first kappa shape index (κ1) is 12.2. The van der Waals surface area contributed by atoms with Crippen LogP contribution >= 0.6 is 0 Å². The number of carbonyl (C=O) groups is 1. The fourth-order valence-corrected chi connectivity index (χ4v) is 0.627. The van der Waals surface area contributed by atoms with Crippen LogP contribution in [0, 0.1) is 0 Å². The van der Waals surface area contributed by atoms with Gasteiger partial charge in [-0.15, -0.1) is 0 Å². The molecule has 0 saturated heterocycles. The number of hydrogen-bond donors (Lipinski definition) is 2. The molecule has 0 bridgehead atoms. The number of likely N-dealkylation sites (N-methyl/N-ethyl adjacent to an activating group) is 1. The molecule has 0 fully saturated rings. The molecule has 0 saturated carbocycles. The molecule has 1 amide bonds. The summed E-state index contributed by atoms with van der Waals surface area (Å²) >= 11 is 0. The van der Waals surface area contributed by atoms with Crippen molar-refractivity contribution < 1.29 is 18.7 Å². The van der Waals surface area contributed by atoms with E-state index in [4.69, 9.17) is 5.11 Å². The van der Waals surface area contributed by atoms with Gasteiger partial charge in [-0.3, -0.25) is 4.79 Å². The van der Waals surface area contributed by atoms with Crippen LogP contribution < -0.4 is 5.32 Å². The van der Waals surface area contributed by atoms with E-state index in [1.165, 1.54) is 0 Å². The summed E-state index contributed by atoms with van der Waals surface area (Å²) < 4.78 is 24.7. The number of nitrogens with zero attached hydrogens (tertiary/aromatic N) is 1. The van der Waals surface area contributed by atoms with Gasteiger partial charge in [0.25, 0.3) is 5.92 Å². The lowest BCUT2D eigenvalue weighted by molar-refractivity contribution is -0.124. The van der Waals surface area contributed by atoms with Gasteiger partial charge in [0, 0.05) is 0 Å². The highest BCUT2D eigenvalue weighted by atomic mass is 19.3. The summed E-state index contributed by atoms with van der Waals surface area (Å²) in [6.07, 6.45) is 0. The summed E-state index contributed by atoms with van der Waals surface area (Å²) in [5, 5.41) is 10.2. The molecule has 0 aliphatic heterocycles. The largest absolute Gasteiger partial charge is 0.390 e. The van der Waals surface area contributed by atoms with Crippen molar-refractivity contribution in [3.63, 3.8) is 0 Å². The third-order valence-corrected chi connectivity index (χ3v) is 1.24. The number of aliphatic hydroxyl groups is 1. The van der Waals surface area contributed by atoms with Gasteiger partial charge in [0.05, 0.1) is 13.1 Å². The smallest absolute Gasteiger partial charge is 0.287 e. The van der Waals surface area contributed by atoms with Crippen LogP contribution in [0.5, 0.6) is 0 Å². The molecule has 0 radical (unpaired) electrons. The maximum atomic E-state index is 12.4. The summed E-state index contributed by atoms with van der Waals surface area (Å²) in [6.45, 7) is -2.02. The number of carbonyl (C=O) groups excluding carboxylic acids is 1. The Balaban J connectivity index is 3.70. The maximum Gasteiger partial charge on any atom is 0.287 e. The molecule has 0 heterocycles. The molecule has 0 aromatic rings. The Hall–Kier alpha value is -0.750. The molecule has 0 aliphatic rings. The average Bonchev–Trinajstić information content (AvgIpc) is 2.00. The van der Waals surface area contributed by atoms with Gasteiger partial charge in [0.1, 0.15) is 6.61 Å². The Kier molecular flexibility index (Phi) is 4.79. The average molecular weight is 196 g/mol. The summed E-state index contributed by atoms with van der Waals surface area (Å²) in [7, 11) is 3.31. The zero-order valence-electron chi connectivity index (χ0n) is 7.68. The van der Waals surface area contributed by atoms with Crippen LogP contribution in [0.1, 0.15) is 0 Å². The molecule has 0 atom stereocenters. The number of amides is 1. The normalized spacial score (nSPS) is 11.8. The van der Waals surface area contributed by atoms with E-state index in [9.17, 15) is 13.6 Å². The molecule has 0 aliphatic carbocycles. The van der Waals surface area contributed by atoms with Crippen LogP contribution in [0.15, 0.2) is 0 Å². The molecule has 2 N–H and O–H groups in total. The minimum absolute atomic E-state index is 0.0571. The number of hydrogen-bond acceptors (Lipinski definition) is 3. The Morgan fingerprint density at radius 1 is 1.54 bits per heavy atom. The van der Waals surface area contributed by atoms with Crippen molar-refractivity contribution in [1.82, 2.24) is 10.2 Å². The van der Waals surface area contributed by atoms with Crippen LogP contribution in [-0.2, 0) is 4.79 Å². The van der Waals surface area contributed by atoms with Gasteiger partial charge in [-0.2, -0.15) is 0 Å². The molecular weight excluding hydrogens is 182 g/mol. The lowest BCUT2D eigenvalue weighted by Crippen LogP contribution is -2.42. The SMILES string of the molecule is CN(C)CC(=O)NCC(F)(F)CO. The van der Waals surface area contributed by atoms with Gasteiger partial charge in [-0.05, 0) is 14.1 Å².